The zero-order valence-electron chi connectivity index (χ0n) is 11.2. The first kappa shape index (κ1) is 15.3. The summed E-state index contributed by atoms with van der Waals surface area (Å²) >= 11 is 0. The van der Waals surface area contributed by atoms with Gasteiger partial charge in [-0.15, -0.1) is 0 Å². The van der Waals surface area contributed by atoms with Crippen LogP contribution in [0.15, 0.2) is 24.5 Å². The fourth-order valence-corrected chi connectivity index (χ4v) is 1.59. The van der Waals surface area contributed by atoms with Crippen molar-refractivity contribution in [2.45, 2.75) is 25.7 Å². The fourth-order valence-electron chi connectivity index (χ4n) is 1.59. The van der Waals surface area contributed by atoms with Crippen LogP contribution in [0.1, 0.15) is 36.0 Å². The van der Waals surface area contributed by atoms with Crippen molar-refractivity contribution in [1.29, 1.82) is 0 Å². The van der Waals surface area contributed by atoms with Crippen molar-refractivity contribution < 1.29 is 14.3 Å². The Bertz CT molecular complexity index is 393. The Morgan fingerprint density at radius 3 is 2.84 bits per heavy atom. The number of ether oxygens (including phenoxy) is 1. The molecule has 0 unspecified atom stereocenters. The summed E-state index contributed by atoms with van der Waals surface area (Å²) in [5.74, 6) is -0.141. The number of Topliss-reactive ketones (excluding diaryl/α,β-unsaturated/α-hetero) is 1. The highest BCUT2D eigenvalue weighted by Crippen LogP contribution is 2.03. The first-order chi connectivity index (χ1) is 9.24. The van der Waals surface area contributed by atoms with Gasteiger partial charge in [-0.2, -0.15) is 0 Å². The number of unbranched alkanes of at least 4 members (excludes halogenated alkanes) is 1. The second-order valence-electron chi connectivity index (χ2n) is 4.21. The molecule has 0 fully saturated rings. The molecule has 0 aliphatic rings. The number of carbonyl (C=O) groups is 2. The summed E-state index contributed by atoms with van der Waals surface area (Å²) in [6.45, 7) is 1.33. The molecule has 5 heteroatoms. The van der Waals surface area contributed by atoms with E-state index in [1.165, 1.54) is 6.20 Å². The minimum Gasteiger partial charge on any atom is -0.385 e. The predicted molar refractivity (Wildman–Crippen MR) is 71.9 cm³/mol. The van der Waals surface area contributed by atoms with Gasteiger partial charge < -0.3 is 10.1 Å². The molecule has 1 amide bonds. The zero-order valence-corrected chi connectivity index (χ0v) is 11.2. The Kier molecular flexibility index (Phi) is 7.43. The second kappa shape index (κ2) is 9.22. The van der Waals surface area contributed by atoms with Crippen molar-refractivity contribution in [2.24, 2.45) is 0 Å². The largest absolute Gasteiger partial charge is 0.385 e. The Morgan fingerprint density at radius 2 is 2.16 bits per heavy atom. The number of ketones is 1. The van der Waals surface area contributed by atoms with Gasteiger partial charge in [0.1, 0.15) is 0 Å². The molecule has 0 aliphatic carbocycles. The molecule has 5 nitrogen and oxygen atoms in total. The second-order valence-corrected chi connectivity index (χ2v) is 4.21. The molecule has 1 aromatic heterocycles. The number of nitrogens with one attached hydrogen (secondary N) is 1. The van der Waals surface area contributed by atoms with Gasteiger partial charge >= 0.3 is 0 Å². The summed E-state index contributed by atoms with van der Waals surface area (Å²) in [4.78, 5) is 27.1. The predicted octanol–water partition coefficient (Wildman–Crippen LogP) is 1.59. The Hall–Kier alpha value is -1.75. The van der Waals surface area contributed by atoms with Crippen molar-refractivity contribution >= 4 is 11.7 Å². The third-order valence-electron chi connectivity index (χ3n) is 2.66. The van der Waals surface area contributed by atoms with Gasteiger partial charge in [-0.05, 0) is 25.0 Å². The Labute approximate surface area is 113 Å². The Balaban J connectivity index is 2.15. The van der Waals surface area contributed by atoms with E-state index in [2.05, 4.69) is 10.3 Å². The van der Waals surface area contributed by atoms with Crippen LogP contribution in [0.4, 0.5) is 0 Å². The number of aromatic nitrogens is 1. The maximum Gasteiger partial charge on any atom is 0.220 e. The number of carbonyl (C=O) groups excluding carboxylic acids is 2. The molecule has 1 heterocycles. The molecule has 104 valence electrons. The smallest absolute Gasteiger partial charge is 0.220 e. The van der Waals surface area contributed by atoms with Gasteiger partial charge in [-0.3, -0.25) is 14.6 Å². The molecule has 1 N–H and O–H groups in total. The van der Waals surface area contributed by atoms with Crippen LogP contribution in [0.2, 0.25) is 0 Å². The van der Waals surface area contributed by atoms with E-state index in [1.54, 1.807) is 25.4 Å². The van der Waals surface area contributed by atoms with Gasteiger partial charge in [0.25, 0.3) is 0 Å². The minimum atomic E-state index is -0.0883. The molecule has 0 radical (unpaired) electrons. The average Bonchev–Trinajstić information content (AvgIpc) is 2.45. The normalized spacial score (nSPS) is 10.2. The standard InChI is InChI=1S/C14H20N2O3/c1-19-10-3-2-9-16-14(18)7-6-13(17)12-5-4-8-15-11-12/h4-5,8,11H,2-3,6-7,9-10H2,1H3,(H,16,18). The lowest BCUT2D eigenvalue weighted by Crippen LogP contribution is -2.25. The molecular weight excluding hydrogens is 244 g/mol. The van der Waals surface area contributed by atoms with E-state index >= 15 is 0 Å². The van der Waals surface area contributed by atoms with Gasteiger partial charge in [-0.1, -0.05) is 0 Å². The number of nitrogens with zero attached hydrogens (tertiary/aromatic N) is 1. The monoisotopic (exact) mass is 264 g/mol. The first-order valence-electron chi connectivity index (χ1n) is 6.43. The van der Waals surface area contributed by atoms with Crippen LogP contribution in [-0.2, 0) is 9.53 Å². The maximum absolute atomic E-state index is 11.7. The molecule has 0 spiro atoms. The van der Waals surface area contributed by atoms with Crippen molar-refractivity contribution in [1.82, 2.24) is 10.3 Å². The zero-order chi connectivity index (χ0) is 13.9. The molecular formula is C14H20N2O3. The van der Waals surface area contributed by atoms with Crippen LogP contribution < -0.4 is 5.32 Å². The van der Waals surface area contributed by atoms with E-state index in [9.17, 15) is 9.59 Å². The highest BCUT2D eigenvalue weighted by molar-refractivity contribution is 5.97. The minimum absolute atomic E-state index is 0.0531. The topological polar surface area (TPSA) is 68.3 Å². The van der Waals surface area contributed by atoms with E-state index < -0.39 is 0 Å². The van der Waals surface area contributed by atoms with Gasteiger partial charge in [0, 0.05) is 51.1 Å². The lowest BCUT2D eigenvalue weighted by molar-refractivity contribution is -0.121. The van der Waals surface area contributed by atoms with Crippen molar-refractivity contribution in [3.8, 4) is 0 Å². The van der Waals surface area contributed by atoms with E-state index in [4.69, 9.17) is 4.74 Å². The summed E-state index contributed by atoms with van der Waals surface area (Å²) in [6, 6.07) is 3.42. The number of hydrogen-bond acceptors (Lipinski definition) is 4. The highest BCUT2D eigenvalue weighted by Gasteiger charge is 2.08. The SMILES string of the molecule is COCCCCNC(=O)CCC(=O)c1cccnc1. The lowest BCUT2D eigenvalue weighted by Gasteiger charge is -2.04. The molecule has 0 aliphatic heterocycles. The van der Waals surface area contributed by atoms with Crippen LogP contribution in [0.5, 0.6) is 0 Å². The molecule has 0 atom stereocenters. The van der Waals surface area contributed by atoms with Crippen LogP contribution in [0.3, 0.4) is 0 Å². The number of amides is 1. The third-order valence-corrected chi connectivity index (χ3v) is 2.66. The highest BCUT2D eigenvalue weighted by atomic mass is 16.5. The summed E-state index contributed by atoms with van der Waals surface area (Å²) in [7, 11) is 1.66. The summed E-state index contributed by atoms with van der Waals surface area (Å²) in [5.41, 5.74) is 0.551. The van der Waals surface area contributed by atoms with Crippen molar-refractivity contribution in [3.05, 3.63) is 30.1 Å². The first-order valence-corrected chi connectivity index (χ1v) is 6.43. The van der Waals surface area contributed by atoms with Gasteiger partial charge in [0.05, 0.1) is 0 Å². The summed E-state index contributed by atoms with van der Waals surface area (Å²) in [6.07, 6.45) is 5.38. The number of pyridine rings is 1. The van der Waals surface area contributed by atoms with Gasteiger partial charge in [0.15, 0.2) is 5.78 Å². The van der Waals surface area contributed by atoms with Crippen LogP contribution >= 0.6 is 0 Å². The molecule has 1 aromatic rings. The van der Waals surface area contributed by atoms with Crippen molar-refractivity contribution in [3.63, 3.8) is 0 Å². The fraction of sp³-hybridized carbons (Fsp3) is 0.500. The van der Waals surface area contributed by atoms with Gasteiger partial charge in [0.2, 0.25) is 5.91 Å². The summed E-state index contributed by atoms with van der Waals surface area (Å²) < 4.78 is 4.91. The molecule has 0 aromatic carbocycles. The quantitative estimate of drug-likeness (QED) is 0.543. The average molecular weight is 264 g/mol. The van der Waals surface area contributed by atoms with Crippen LogP contribution in [-0.4, -0.2) is 36.9 Å². The summed E-state index contributed by atoms with van der Waals surface area (Å²) in [5, 5.41) is 2.79. The van der Waals surface area contributed by atoms with Gasteiger partial charge in [-0.25, -0.2) is 0 Å². The molecule has 0 saturated heterocycles. The van der Waals surface area contributed by atoms with Crippen LogP contribution in [0.25, 0.3) is 0 Å². The molecule has 1 rings (SSSR count). The number of rotatable bonds is 9. The van der Waals surface area contributed by atoms with Crippen LogP contribution in [0, 0.1) is 0 Å². The Morgan fingerprint density at radius 1 is 1.32 bits per heavy atom. The number of hydrogen-bond donors (Lipinski definition) is 1. The lowest BCUT2D eigenvalue weighted by atomic mass is 10.1. The van der Waals surface area contributed by atoms with E-state index in [0.717, 1.165) is 12.8 Å². The molecule has 0 saturated carbocycles. The molecule has 0 bridgehead atoms. The maximum atomic E-state index is 11.7. The molecule has 19 heavy (non-hydrogen) atoms. The third kappa shape index (κ3) is 6.67. The number of methoxy groups -OCH3 is 1. The van der Waals surface area contributed by atoms with E-state index in [0.29, 0.717) is 18.7 Å². The van der Waals surface area contributed by atoms with Crippen molar-refractivity contribution in [2.75, 3.05) is 20.3 Å². The van der Waals surface area contributed by atoms with E-state index in [1.807, 2.05) is 0 Å². The van der Waals surface area contributed by atoms with E-state index in [-0.39, 0.29) is 24.5 Å².